The third-order valence-electron chi connectivity index (χ3n) is 1.91. The summed E-state index contributed by atoms with van der Waals surface area (Å²) in [4.78, 5) is 11.4. The average Bonchev–Trinajstić information content (AvgIpc) is 2.01. The van der Waals surface area contributed by atoms with Crippen molar-refractivity contribution in [2.45, 2.75) is 12.2 Å². The Morgan fingerprint density at radius 2 is 2.21 bits per heavy atom. The number of ether oxygens (including phenoxy) is 1. The van der Waals surface area contributed by atoms with E-state index in [-0.39, 0.29) is 19.8 Å². The van der Waals surface area contributed by atoms with Crippen LogP contribution < -0.4 is 0 Å². The maximum atomic E-state index is 12.0. The summed E-state index contributed by atoms with van der Waals surface area (Å²) in [6, 6.07) is -1.19. The van der Waals surface area contributed by atoms with E-state index in [9.17, 15) is 18.0 Å². The highest BCUT2D eigenvalue weighted by Crippen LogP contribution is 2.19. The van der Waals surface area contributed by atoms with Crippen molar-refractivity contribution in [2.75, 3.05) is 26.3 Å². The molecule has 1 rings (SSSR count). The minimum absolute atomic E-state index is 0.00350. The normalized spacial score (nSPS) is 24.9. The van der Waals surface area contributed by atoms with Crippen LogP contribution in [0.5, 0.6) is 0 Å². The van der Waals surface area contributed by atoms with Crippen LogP contribution in [-0.4, -0.2) is 54.5 Å². The number of carboxylic acid groups (broad SMARTS) is 1. The van der Waals surface area contributed by atoms with Crippen LogP contribution >= 0.6 is 0 Å². The van der Waals surface area contributed by atoms with E-state index in [0.29, 0.717) is 0 Å². The van der Waals surface area contributed by atoms with Crippen LogP contribution in [0.2, 0.25) is 0 Å². The van der Waals surface area contributed by atoms with Gasteiger partial charge in [-0.25, -0.2) is 0 Å². The van der Waals surface area contributed by atoms with Crippen molar-refractivity contribution in [3.63, 3.8) is 0 Å². The first-order valence-corrected chi connectivity index (χ1v) is 4.01. The monoisotopic (exact) mass is 213 g/mol. The average molecular weight is 213 g/mol. The molecule has 1 fully saturated rings. The lowest BCUT2D eigenvalue weighted by atomic mass is 10.2. The molecule has 0 aromatic heterocycles. The number of hydrogen-bond acceptors (Lipinski definition) is 3. The number of hydrogen-bond donors (Lipinski definition) is 1. The van der Waals surface area contributed by atoms with Gasteiger partial charge in [-0.05, 0) is 0 Å². The highest BCUT2D eigenvalue weighted by molar-refractivity contribution is 5.73. The van der Waals surface area contributed by atoms with Crippen molar-refractivity contribution >= 4 is 5.97 Å². The van der Waals surface area contributed by atoms with Gasteiger partial charge in [-0.2, -0.15) is 13.2 Å². The Balaban J connectivity index is 2.59. The van der Waals surface area contributed by atoms with Crippen molar-refractivity contribution in [3.05, 3.63) is 0 Å². The first-order valence-electron chi connectivity index (χ1n) is 4.01. The first kappa shape index (κ1) is 11.3. The molecule has 0 radical (unpaired) electrons. The highest BCUT2D eigenvalue weighted by atomic mass is 19.4. The summed E-state index contributed by atoms with van der Waals surface area (Å²) in [6.07, 6.45) is -4.37. The fourth-order valence-corrected chi connectivity index (χ4v) is 1.29. The molecule has 1 aliphatic heterocycles. The molecule has 1 atom stereocenters. The van der Waals surface area contributed by atoms with Crippen molar-refractivity contribution in [2.24, 2.45) is 0 Å². The molecule has 1 heterocycles. The molecule has 1 saturated heterocycles. The molecule has 0 amide bonds. The molecule has 0 bridgehead atoms. The number of rotatable bonds is 2. The highest BCUT2D eigenvalue weighted by Gasteiger charge is 2.37. The minimum Gasteiger partial charge on any atom is -0.480 e. The molecular weight excluding hydrogens is 203 g/mol. The van der Waals surface area contributed by atoms with Gasteiger partial charge in [0.25, 0.3) is 0 Å². The van der Waals surface area contributed by atoms with Gasteiger partial charge in [0.1, 0.15) is 6.04 Å². The zero-order valence-electron chi connectivity index (χ0n) is 7.25. The Bertz CT molecular complexity index is 219. The predicted octanol–water partition coefficient (Wildman–Crippen LogP) is 0.334. The summed E-state index contributed by atoms with van der Waals surface area (Å²) in [6.45, 7) is -1.25. The smallest absolute Gasteiger partial charge is 0.401 e. The fraction of sp³-hybridized carbons (Fsp3) is 0.857. The molecule has 0 aromatic rings. The van der Waals surface area contributed by atoms with Gasteiger partial charge in [-0.1, -0.05) is 0 Å². The van der Waals surface area contributed by atoms with Crippen LogP contribution in [0.1, 0.15) is 0 Å². The molecule has 0 aromatic carbocycles. The third kappa shape index (κ3) is 3.15. The molecule has 0 saturated carbocycles. The Hall–Kier alpha value is -0.820. The molecular formula is C7H10F3NO3. The van der Waals surface area contributed by atoms with E-state index in [1.165, 1.54) is 0 Å². The number of morpholine rings is 1. The summed E-state index contributed by atoms with van der Waals surface area (Å²) in [5, 5.41) is 8.62. The van der Waals surface area contributed by atoms with Crippen LogP contribution in [0.3, 0.4) is 0 Å². The van der Waals surface area contributed by atoms with Crippen molar-refractivity contribution in [3.8, 4) is 0 Å². The summed E-state index contributed by atoms with van der Waals surface area (Å²) in [5.41, 5.74) is 0. The van der Waals surface area contributed by atoms with Crippen LogP contribution in [0, 0.1) is 0 Å². The van der Waals surface area contributed by atoms with Gasteiger partial charge >= 0.3 is 12.1 Å². The van der Waals surface area contributed by atoms with Crippen LogP contribution in [-0.2, 0) is 9.53 Å². The van der Waals surface area contributed by atoms with Crippen molar-refractivity contribution < 1.29 is 27.8 Å². The predicted molar refractivity (Wildman–Crippen MR) is 39.9 cm³/mol. The van der Waals surface area contributed by atoms with E-state index in [4.69, 9.17) is 9.84 Å². The summed E-state index contributed by atoms with van der Waals surface area (Å²) < 4.78 is 40.8. The van der Waals surface area contributed by atoms with Crippen molar-refractivity contribution in [1.29, 1.82) is 0 Å². The summed E-state index contributed by atoms with van der Waals surface area (Å²) in [5.74, 6) is -1.28. The first-order chi connectivity index (χ1) is 6.40. The molecule has 1 aliphatic rings. The van der Waals surface area contributed by atoms with E-state index in [1.54, 1.807) is 0 Å². The van der Waals surface area contributed by atoms with Crippen LogP contribution in [0.4, 0.5) is 13.2 Å². The maximum absolute atomic E-state index is 12.0. The zero-order chi connectivity index (χ0) is 10.8. The quantitative estimate of drug-likeness (QED) is 0.718. The number of carboxylic acids is 1. The van der Waals surface area contributed by atoms with Gasteiger partial charge in [-0.15, -0.1) is 0 Å². The molecule has 7 heteroatoms. The molecule has 1 N–H and O–H groups in total. The summed E-state index contributed by atoms with van der Waals surface area (Å²) in [7, 11) is 0. The topological polar surface area (TPSA) is 49.8 Å². The van der Waals surface area contributed by atoms with Gasteiger partial charge < -0.3 is 9.84 Å². The summed E-state index contributed by atoms with van der Waals surface area (Å²) >= 11 is 0. The van der Waals surface area contributed by atoms with E-state index in [1.807, 2.05) is 0 Å². The van der Waals surface area contributed by atoms with Gasteiger partial charge in [0, 0.05) is 6.54 Å². The van der Waals surface area contributed by atoms with E-state index >= 15 is 0 Å². The molecule has 0 spiro atoms. The Morgan fingerprint density at radius 3 is 2.71 bits per heavy atom. The van der Waals surface area contributed by atoms with Crippen LogP contribution in [0.15, 0.2) is 0 Å². The molecule has 14 heavy (non-hydrogen) atoms. The fourth-order valence-electron chi connectivity index (χ4n) is 1.29. The Labute approximate surface area is 78.2 Å². The number of alkyl halides is 3. The molecule has 4 nitrogen and oxygen atoms in total. The lowest BCUT2D eigenvalue weighted by molar-refractivity contribution is -0.173. The second kappa shape index (κ2) is 4.14. The van der Waals surface area contributed by atoms with Crippen molar-refractivity contribution in [1.82, 2.24) is 4.90 Å². The third-order valence-corrected chi connectivity index (χ3v) is 1.91. The maximum Gasteiger partial charge on any atom is 0.401 e. The largest absolute Gasteiger partial charge is 0.480 e. The van der Waals surface area contributed by atoms with E-state index in [0.717, 1.165) is 4.90 Å². The Morgan fingerprint density at radius 1 is 1.57 bits per heavy atom. The van der Waals surface area contributed by atoms with Gasteiger partial charge in [0.2, 0.25) is 0 Å². The molecule has 0 aliphatic carbocycles. The standard InChI is InChI=1S/C7H10F3NO3/c8-7(9,10)4-11-1-2-14-3-5(11)6(12)13/h5H,1-4H2,(H,12,13). The van der Waals surface area contributed by atoms with Gasteiger partial charge in [0.05, 0.1) is 19.8 Å². The SMILES string of the molecule is O=C(O)C1COCCN1CC(F)(F)F. The van der Waals surface area contributed by atoms with Crippen LogP contribution in [0.25, 0.3) is 0 Å². The number of aliphatic carboxylic acids is 1. The lowest BCUT2D eigenvalue weighted by Crippen LogP contribution is -2.52. The zero-order valence-corrected chi connectivity index (χ0v) is 7.25. The number of carbonyl (C=O) groups is 1. The van der Waals surface area contributed by atoms with E-state index < -0.39 is 24.7 Å². The lowest BCUT2D eigenvalue weighted by Gasteiger charge is -2.32. The van der Waals surface area contributed by atoms with E-state index in [2.05, 4.69) is 0 Å². The second-order valence-electron chi connectivity index (χ2n) is 3.01. The molecule has 1 unspecified atom stereocenters. The van der Waals surface area contributed by atoms with Gasteiger partial charge in [-0.3, -0.25) is 9.69 Å². The number of halogens is 3. The number of nitrogens with zero attached hydrogens (tertiary/aromatic N) is 1. The van der Waals surface area contributed by atoms with Gasteiger partial charge in [0.15, 0.2) is 0 Å². The molecule has 82 valence electrons. The minimum atomic E-state index is -4.37. The second-order valence-corrected chi connectivity index (χ2v) is 3.01. The Kier molecular flexibility index (Phi) is 3.33.